The van der Waals surface area contributed by atoms with E-state index in [1.54, 1.807) is 19.2 Å². The number of nitrogens with one attached hydrogen (secondary N) is 1. The highest BCUT2D eigenvalue weighted by atomic mass is 79.9. The summed E-state index contributed by atoms with van der Waals surface area (Å²) >= 11 is 3.37. The molecule has 0 heterocycles. The first kappa shape index (κ1) is 17.0. The maximum atomic E-state index is 12.5. The standard InChI is InChI=1S/C16H18BrNO3S/c1-3-13-10-14(17)7-8-16(13)22(19,20)18-11-12-5-4-6-15(9-12)21-2/h4-10,18H,3,11H2,1-2H3. The third-order valence-corrected chi connectivity index (χ3v) is 5.29. The zero-order valence-corrected chi connectivity index (χ0v) is 14.9. The van der Waals surface area contributed by atoms with Crippen LogP contribution >= 0.6 is 15.9 Å². The highest BCUT2D eigenvalue weighted by molar-refractivity contribution is 9.10. The number of sulfonamides is 1. The molecule has 4 nitrogen and oxygen atoms in total. The summed E-state index contributed by atoms with van der Waals surface area (Å²) in [5.74, 6) is 0.703. The lowest BCUT2D eigenvalue weighted by Gasteiger charge is -2.11. The van der Waals surface area contributed by atoms with E-state index in [9.17, 15) is 8.42 Å². The number of methoxy groups -OCH3 is 1. The first-order valence-electron chi connectivity index (χ1n) is 6.87. The van der Waals surface area contributed by atoms with Gasteiger partial charge in [0.2, 0.25) is 10.0 Å². The molecule has 2 aromatic rings. The fourth-order valence-electron chi connectivity index (χ4n) is 2.12. The molecule has 0 atom stereocenters. The van der Waals surface area contributed by atoms with Gasteiger partial charge in [0, 0.05) is 11.0 Å². The summed E-state index contributed by atoms with van der Waals surface area (Å²) in [6, 6.07) is 12.5. The molecule has 6 heteroatoms. The van der Waals surface area contributed by atoms with Gasteiger partial charge >= 0.3 is 0 Å². The Morgan fingerprint density at radius 1 is 1.18 bits per heavy atom. The highest BCUT2D eigenvalue weighted by Gasteiger charge is 2.17. The predicted octanol–water partition coefficient (Wildman–Crippen LogP) is 3.50. The van der Waals surface area contributed by atoms with Gasteiger partial charge in [0.05, 0.1) is 12.0 Å². The highest BCUT2D eigenvalue weighted by Crippen LogP contribution is 2.22. The van der Waals surface area contributed by atoms with Crippen molar-refractivity contribution in [3.05, 3.63) is 58.1 Å². The maximum Gasteiger partial charge on any atom is 0.241 e. The van der Waals surface area contributed by atoms with Gasteiger partial charge in [-0.05, 0) is 47.9 Å². The van der Waals surface area contributed by atoms with Crippen LogP contribution in [0.5, 0.6) is 5.75 Å². The molecule has 1 N–H and O–H groups in total. The molecular weight excluding hydrogens is 366 g/mol. The second-order valence-electron chi connectivity index (χ2n) is 4.78. The Morgan fingerprint density at radius 3 is 2.64 bits per heavy atom. The number of hydrogen-bond donors (Lipinski definition) is 1. The molecule has 0 aliphatic heterocycles. The van der Waals surface area contributed by atoms with Crippen molar-refractivity contribution in [2.45, 2.75) is 24.8 Å². The lowest BCUT2D eigenvalue weighted by molar-refractivity contribution is 0.414. The van der Waals surface area contributed by atoms with Crippen LogP contribution in [0.3, 0.4) is 0 Å². The average Bonchev–Trinajstić information content (AvgIpc) is 2.53. The molecule has 118 valence electrons. The topological polar surface area (TPSA) is 55.4 Å². The van der Waals surface area contributed by atoms with Crippen molar-refractivity contribution >= 4 is 26.0 Å². The normalized spacial score (nSPS) is 11.4. The second-order valence-corrected chi connectivity index (χ2v) is 7.43. The van der Waals surface area contributed by atoms with Gasteiger partial charge in [-0.2, -0.15) is 0 Å². The fraction of sp³-hybridized carbons (Fsp3) is 0.250. The van der Waals surface area contributed by atoms with Crippen LogP contribution in [0, 0.1) is 0 Å². The number of aryl methyl sites for hydroxylation is 1. The van der Waals surface area contributed by atoms with E-state index in [1.807, 2.05) is 37.3 Å². The first-order chi connectivity index (χ1) is 10.5. The molecule has 0 radical (unpaired) electrons. The predicted molar refractivity (Wildman–Crippen MR) is 90.5 cm³/mol. The van der Waals surface area contributed by atoms with Gasteiger partial charge < -0.3 is 4.74 Å². The second kappa shape index (κ2) is 7.26. The van der Waals surface area contributed by atoms with Crippen LogP contribution < -0.4 is 9.46 Å². The van der Waals surface area contributed by atoms with Crippen LogP contribution in [0.2, 0.25) is 0 Å². The Labute approximate surface area is 139 Å². The van der Waals surface area contributed by atoms with Gasteiger partial charge in [-0.15, -0.1) is 0 Å². The minimum atomic E-state index is -3.55. The maximum absolute atomic E-state index is 12.5. The number of halogens is 1. The average molecular weight is 384 g/mol. The van der Waals surface area contributed by atoms with Crippen molar-refractivity contribution < 1.29 is 13.2 Å². The third kappa shape index (κ3) is 4.09. The summed E-state index contributed by atoms with van der Waals surface area (Å²) in [7, 11) is -1.97. The molecule has 0 fully saturated rings. The number of rotatable bonds is 6. The monoisotopic (exact) mass is 383 g/mol. The fourth-order valence-corrected chi connectivity index (χ4v) is 3.84. The lowest BCUT2D eigenvalue weighted by Crippen LogP contribution is -2.24. The van der Waals surface area contributed by atoms with Gasteiger partial charge in [-0.3, -0.25) is 0 Å². The van der Waals surface area contributed by atoms with Crippen molar-refractivity contribution in [2.75, 3.05) is 7.11 Å². The number of benzene rings is 2. The molecule has 0 saturated carbocycles. The third-order valence-electron chi connectivity index (χ3n) is 3.29. The SMILES string of the molecule is CCc1cc(Br)ccc1S(=O)(=O)NCc1cccc(OC)c1. The van der Waals surface area contributed by atoms with E-state index in [4.69, 9.17) is 4.74 Å². The van der Waals surface area contributed by atoms with Gasteiger partial charge in [0.1, 0.15) is 5.75 Å². The van der Waals surface area contributed by atoms with Crippen molar-refractivity contribution in [3.63, 3.8) is 0 Å². The molecule has 0 bridgehead atoms. The van der Waals surface area contributed by atoms with E-state index in [0.29, 0.717) is 17.1 Å². The van der Waals surface area contributed by atoms with Crippen LogP contribution in [0.25, 0.3) is 0 Å². The molecule has 0 aromatic heterocycles. The van der Waals surface area contributed by atoms with Crippen LogP contribution in [-0.2, 0) is 23.0 Å². The van der Waals surface area contributed by atoms with Crippen molar-refractivity contribution in [1.29, 1.82) is 0 Å². The van der Waals surface area contributed by atoms with Crippen molar-refractivity contribution in [2.24, 2.45) is 0 Å². The molecule has 2 rings (SSSR count). The van der Waals surface area contributed by atoms with E-state index >= 15 is 0 Å². The van der Waals surface area contributed by atoms with E-state index in [1.165, 1.54) is 0 Å². The summed E-state index contributed by atoms with van der Waals surface area (Å²) in [6.07, 6.45) is 0.648. The number of hydrogen-bond acceptors (Lipinski definition) is 3. The van der Waals surface area contributed by atoms with E-state index < -0.39 is 10.0 Å². The van der Waals surface area contributed by atoms with E-state index in [-0.39, 0.29) is 6.54 Å². The minimum absolute atomic E-state index is 0.221. The number of ether oxygens (including phenoxy) is 1. The minimum Gasteiger partial charge on any atom is -0.497 e. The smallest absolute Gasteiger partial charge is 0.241 e. The first-order valence-corrected chi connectivity index (χ1v) is 9.15. The molecule has 0 amide bonds. The molecule has 0 aliphatic carbocycles. The van der Waals surface area contributed by atoms with Crippen LogP contribution in [-0.4, -0.2) is 15.5 Å². The Hall–Kier alpha value is -1.37. The lowest BCUT2D eigenvalue weighted by atomic mass is 10.2. The van der Waals surface area contributed by atoms with Crippen LogP contribution in [0.15, 0.2) is 51.8 Å². The Balaban J connectivity index is 2.21. The largest absolute Gasteiger partial charge is 0.497 e. The van der Waals surface area contributed by atoms with Gasteiger partial charge in [-0.1, -0.05) is 35.0 Å². The molecule has 22 heavy (non-hydrogen) atoms. The molecular formula is C16H18BrNO3S. The summed E-state index contributed by atoms with van der Waals surface area (Å²) in [4.78, 5) is 0.320. The molecule has 2 aromatic carbocycles. The van der Waals surface area contributed by atoms with Crippen LogP contribution in [0.4, 0.5) is 0 Å². The van der Waals surface area contributed by atoms with Gasteiger partial charge in [0.15, 0.2) is 0 Å². The summed E-state index contributed by atoms with van der Waals surface area (Å²) < 4.78 is 33.6. The summed E-state index contributed by atoms with van der Waals surface area (Å²) in [5, 5.41) is 0. The van der Waals surface area contributed by atoms with Gasteiger partial charge in [0.25, 0.3) is 0 Å². The van der Waals surface area contributed by atoms with Crippen molar-refractivity contribution in [1.82, 2.24) is 4.72 Å². The summed E-state index contributed by atoms with van der Waals surface area (Å²) in [5.41, 5.74) is 1.63. The molecule has 0 spiro atoms. The quantitative estimate of drug-likeness (QED) is 0.830. The van der Waals surface area contributed by atoms with Crippen LogP contribution in [0.1, 0.15) is 18.1 Å². The Morgan fingerprint density at radius 2 is 1.95 bits per heavy atom. The van der Waals surface area contributed by atoms with E-state index in [0.717, 1.165) is 15.6 Å². The van der Waals surface area contributed by atoms with Gasteiger partial charge in [-0.25, -0.2) is 13.1 Å². The molecule has 0 unspecified atom stereocenters. The van der Waals surface area contributed by atoms with Crippen molar-refractivity contribution in [3.8, 4) is 5.75 Å². The zero-order valence-electron chi connectivity index (χ0n) is 12.5. The molecule has 0 saturated heterocycles. The summed E-state index contributed by atoms with van der Waals surface area (Å²) in [6.45, 7) is 2.15. The molecule has 0 aliphatic rings. The Kier molecular flexibility index (Phi) is 5.61. The van der Waals surface area contributed by atoms with E-state index in [2.05, 4.69) is 20.7 Å². The zero-order chi connectivity index (χ0) is 16.2. The Bertz CT molecular complexity index is 760.